The zero-order valence-electron chi connectivity index (χ0n) is 15.4. The van der Waals surface area contributed by atoms with Gasteiger partial charge in [-0.1, -0.05) is 13.3 Å². The Labute approximate surface area is 140 Å². The lowest BCUT2D eigenvalue weighted by atomic mass is 9.77. The van der Waals surface area contributed by atoms with Gasteiger partial charge in [0.1, 0.15) is 11.1 Å². The van der Waals surface area contributed by atoms with Crippen LogP contribution in [0.3, 0.4) is 0 Å². The van der Waals surface area contributed by atoms with Crippen molar-refractivity contribution in [1.82, 2.24) is 4.90 Å². The van der Waals surface area contributed by atoms with Gasteiger partial charge < -0.3 is 9.47 Å². The fourth-order valence-corrected chi connectivity index (χ4v) is 2.85. The minimum absolute atomic E-state index is 0.420. The van der Waals surface area contributed by atoms with Gasteiger partial charge in [0.25, 0.3) is 0 Å². The highest BCUT2D eigenvalue weighted by molar-refractivity contribution is 5.69. The first kappa shape index (κ1) is 19.8. The van der Waals surface area contributed by atoms with Crippen molar-refractivity contribution < 1.29 is 14.3 Å². The van der Waals surface area contributed by atoms with Gasteiger partial charge in [0.05, 0.1) is 6.07 Å². The normalized spacial score (nSPS) is 24.8. The lowest BCUT2D eigenvalue weighted by Crippen LogP contribution is -2.52. The molecule has 1 amide bonds. The van der Waals surface area contributed by atoms with E-state index in [1.54, 1.807) is 7.05 Å². The Bertz CT molecular complexity index is 415. The van der Waals surface area contributed by atoms with Crippen molar-refractivity contribution in [2.24, 2.45) is 5.92 Å². The second-order valence-electron chi connectivity index (χ2n) is 7.55. The van der Waals surface area contributed by atoms with Crippen LogP contribution >= 0.6 is 0 Å². The molecular formula is C18H32N2O3. The van der Waals surface area contributed by atoms with Gasteiger partial charge in [-0.15, -0.1) is 0 Å². The summed E-state index contributed by atoms with van der Waals surface area (Å²) < 4.78 is 11.1. The monoisotopic (exact) mass is 324 g/mol. The fourth-order valence-electron chi connectivity index (χ4n) is 2.85. The highest BCUT2D eigenvalue weighted by Gasteiger charge is 2.42. The first-order chi connectivity index (χ1) is 10.7. The van der Waals surface area contributed by atoms with Crippen molar-refractivity contribution in [3.05, 3.63) is 0 Å². The predicted molar refractivity (Wildman–Crippen MR) is 90.0 cm³/mol. The number of rotatable bonds is 6. The second kappa shape index (κ2) is 8.54. The van der Waals surface area contributed by atoms with Crippen molar-refractivity contribution in [2.45, 2.75) is 77.4 Å². The quantitative estimate of drug-likeness (QED) is 0.689. The number of carbonyl (C=O) groups excluding carboxylic acids is 1. The molecule has 0 radical (unpaired) electrons. The summed E-state index contributed by atoms with van der Waals surface area (Å²) in [6.07, 6.45) is 5.00. The van der Waals surface area contributed by atoms with Crippen molar-refractivity contribution >= 4 is 6.09 Å². The van der Waals surface area contributed by atoms with Crippen LogP contribution in [-0.4, -0.2) is 42.4 Å². The molecule has 0 aromatic rings. The van der Waals surface area contributed by atoms with Crippen LogP contribution < -0.4 is 0 Å². The molecule has 0 atom stereocenters. The molecule has 0 bridgehead atoms. The zero-order valence-corrected chi connectivity index (χ0v) is 15.4. The third-order valence-electron chi connectivity index (χ3n) is 4.45. The summed E-state index contributed by atoms with van der Waals surface area (Å²) in [5.41, 5.74) is -1.30. The van der Waals surface area contributed by atoms with Gasteiger partial charge in [0, 0.05) is 20.3 Å². The number of hydrogen-bond donors (Lipinski definition) is 0. The number of nitrogens with zero attached hydrogens (tertiary/aromatic N) is 2. The average molecular weight is 324 g/mol. The molecule has 1 aliphatic rings. The topological polar surface area (TPSA) is 62.6 Å². The van der Waals surface area contributed by atoms with Gasteiger partial charge >= 0.3 is 6.09 Å². The Hall–Kier alpha value is -1.28. The highest BCUT2D eigenvalue weighted by Crippen LogP contribution is 2.36. The Morgan fingerprint density at radius 1 is 1.35 bits per heavy atom. The van der Waals surface area contributed by atoms with Crippen LogP contribution in [0.1, 0.15) is 66.2 Å². The molecule has 132 valence electrons. The largest absolute Gasteiger partial charge is 0.444 e. The molecular weight excluding hydrogens is 292 g/mol. The van der Waals surface area contributed by atoms with Crippen molar-refractivity contribution in [1.29, 1.82) is 5.26 Å². The van der Waals surface area contributed by atoms with Crippen LogP contribution in [0, 0.1) is 17.2 Å². The van der Waals surface area contributed by atoms with Gasteiger partial charge in [-0.05, 0) is 58.8 Å². The Kier molecular flexibility index (Phi) is 7.34. The molecule has 23 heavy (non-hydrogen) atoms. The minimum Gasteiger partial charge on any atom is -0.444 e. The number of unbranched alkanes of at least 4 members (excludes halogenated alkanes) is 1. The lowest BCUT2D eigenvalue weighted by molar-refractivity contribution is 0.000700. The Morgan fingerprint density at radius 2 is 1.96 bits per heavy atom. The molecule has 0 N–H and O–H groups in total. The van der Waals surface area contributed by atoms with Crippen molar-refractivity contribution in [3.63, 3.8) is 0 Å². The van der Waals surface area contributed by atoms with Gasteiger partial charge in [-0.25, -0.2) is 4.79 Å². The molecule has 5 heteroatoms. The van der Waals surface area contributed by atoms with E-state index in [1.807, 2.05) is 20.8 Å². The Balaban J connectivity index is 2.54. The van der Waals surface area contributed by atoms with Crippen molar-refractivity contribution in [2.75, 3.05) is 20.3 Å². The summed E-state index contributed by atoms with van der Waals surface area (Å²) in [4.78, 5) is 13.8. The van der Waals surface area contributed by atoms with E-state index < -0.39 is 17.2 Å². The summed E-state index contributed by atoms with van der Waals surface area (Å²) in [5.74, 6) is 0.486. The third-order valence-corrected chi connectivity index (χ3v) is 4.45. The SMILES string of the molecule is CCCCOCC1CCC(C#N)(N(C)C(=O)OC(C)(C)C)CC1. The molecule has 1 rings (SSSR count). The molecule has 5 nitrogen and oxygen atoms in total. The van der Waals surface area contributed by atoms with Crippen LogP contribution in [0.2, 0.25) is 0 Å². The number of hydrogen-bond acceptors (Lipinski definition) is 4. The van der Waals surface area contributed by atoms with E-state index in [0.717, 1.165) is 38.9 Å². The summed E-state index contributed by atoms with van der Waals surface area (Å²) in [5, 5.41) is 9.66. The van der Waals surface area contributed by atoms with E-state index in [9.17, 15) is 10.1 Å². The molecule has 0 aromatic heterocycles. The van der Waals surface area contributed by atoms with Crippen LogP contribution in [0.15, 0.2) is 0 Å². The van der Waals surface area contributed by atoms with Crippen molar-refractivity contribution in [3.8, 4) is 6.07 Å². The second-order valence-corrected chi connectivity index (χ2v) is 7.55. The number of carbonyl (C=O) groups is 1. The smallest absolute Gasteiger partial charge is 0.411 e. The summed E-state index contributed by atoms with van der Waals surface area (Å²) in [7, 11) is 1.68. The average Bonchev–Trinajstić information content (AvgIpc) is 2.50. The third kappa shape index (κ3) is 6.02. The van der Waals surface area contributed by atoms with Crippen LogP contribution in [0.25, 0.3) is 0 Å². The molecule has 0 spiro atoms. The van der Waals surface area contributed by atoms with E-state index in [4.69, 9.17) is 9.47 Å². The molecule has 0 unspecified atom stereocenters. The van der Waals surface area contributed by atoms with Crippen LogP contribution in [0.5, 0.6) is 0 Å². The lowest BCUT2D eigenvalue weighted by Gasteiger charge is -2.41. The van der Waals surface area contributed by atoms with Gasteiger partial charge in [0.2, 0.25) is 0 Å². The molecule has 0 aliphatic heterocycles. The maximum absolute atomic E-state index is 12.3. The van der Waals surface area contributed by atoms with Gasteiger partial charge in [0.15, 0.2) is 0 Å². The highest BCUT2D eigenvalue weighted by atomic mass is 16.6. The molecule has 1 fully saturated rings. The summed E-state index contributed by atoms with van der Waals surface area (Å²) >= 11 is 0. The Morgan fingerprint density at radius 3 is 2.43 bits per heavy atom. The minimum atomic E-state index is -0.748. The molecule has 0 heterocycles. The molecule has 1 saturated carbocycles. The number of ether oxygens (including phenoxy) is 2. The first-order valence-corrected chi connectivity index (χ1v) is 8.70. The van der Waals surface area contributed by atoms with E-state index in [2.05, 4.69) is 13.0 Å². The maximum atomic E-state index is 12.3. The molecule has 0 aromatic carbocycles. The summed E-state index contributed by atoms with van der Waals surface area (Å²) in [6.45, 7) is 9.23. The van der Waals surface area contributed by atoms with E-state index in [-0.39, 0.29) is 0 Å². The number of nitriles is 1. The van der Waals surface area contributed by atoms with Crippen LogP contribution in [-0.2, 0) is 9.47 Å². The van der Waals surface area contributed by atoms with Gasteiger partial charge in [-0.2, -0.15) is 5.26 Å². The van der Waals surface area contributed by atoms with Gasteiger partial charge in [-0.3, -0.25) is 4.90 Å². The maximum Gasteiger partial charge on any atom is 0.411 e. The zero-order chi connectivity index (χ0) is 17.5. The van der Waals surface area contributed by atoms with Crippen LogP contribution in [0.4, 0.5) is 4.79 Å². The number of amides is 1. The fraction of sp³-hybridized carbons (Fsp3) is 0.889. The standard InChI is InChI=1S/C18H32N2O3/c1-6-7-12-22-13-15-8-10-18(14-19,11-9-15)20(5)16(21)23-17(2,3)4/h15H,6-13H2,1-5H3. The first-order valence-electron chi connectivity index (χ1n) is 8.70. The van der Waals surface area contributed by atoms with E-state index in [1.165, 1.54) is 4.90 Å². The summed E-state index contributed by atoms with van der Waals surface area (Å²) in [6, 6.07) is 2.37. The van der Waals surface area contributed by atoms with E-state index in [0.29, 0.717) is 18.8 Å². The van der Waals surface area contributed by atoms with E-state index >= 15 is 0 Å². The predicted octanol–water partition coefficient (Wildman–Crippen LogP) is 4.12. The molecule has 0 saturated heterocycles. The molecule has 1 aliphatic carbocycles.